The summed E-state index contributed by atoms with van der Waals surface area (Å²) in [7, 11) is 0. The van der Waals surface area contributed by atoms with Crippen molar-refractivity contribution in [1.82, 2.24) is 0 Å². The molecule has 0 aliphatic carbocycles. The molecule has 0 amide bonds. The van der Waals surface area contributed by atoms with Crippen LogP contribution >= 0.6 is 0 Å². The third-order valence-corrected chi connectivity index (χ3v) is 3.89. The molecule has 1 N–H and O–H groups in total. The zero-order valence-corrected chi connectivity index (χ0v) is 13.2. The molecule has 1 nitrogen and oxygen atoms in total. The highest BCUT2D eigenvalue weighted by Crippen LogP contribution is 2.20. The van der Waals surface area contributed by atoms with E-state index >= 15 is 0 Å². The molecule has 0 heterocycles. The largest absolute Gasteiger partial charge is 0.388 e. The van der Waals surface area contributed by atoms with E-state index in [1.165, 1.54) is 23.1 Å². The monoisotopic (exact) mass is 282 g/mol. The van der Waals surface area contributed by atoms with E-state index in [0.717, 1.165) is 24.8 Å². The van der Waals surface area contributed by atoms with Gasteiger partial charge in [-0.1, -0.05) is 75.2 Å². The van der Waals surface area contributed by atoms with Gasteiger partial charge in [-0.2, -0.15) is 0 Å². The van der Waals surface area contributed by atoms with Gasteiger partial charge in [0.15, 0.2) is 0 Å². The summed E-state index contributed by atoms with van der Waals surface area (Å²) in [5.74, 6) is 0. The normalized spacial score (nSPS) is 12.3. The summed E-state index contributed by atoms with van der Waals surface area (Å²) in [6, 6.07) is 17.0. The molecule has 0 radical (unpaired) electrons. The first-order valence-electron chi connectivity index (χ1n) is 8.07. The zero-order chi connectivity index (χ0) is 15.1. The summed E-state index contributed by atoms with van der Waals surface area (Å²) >= 11 is 0. The van der Waals surface area contributed by atoms with Crippen LogP contribution < -0.4 is 0 Å². The van der Waals surface area contributed by atoms with E-state index in [9.17, 15) is 5.11 Å². The van der Waals surface area contributed by atoms with Crippen molar-refractivity contribution in [3.63, 3.8) is 0 Å². The van der Waals surface area contributed by atoms with Gasteiger partial charge in [-0.25, -0.2) is 0 Å². The van der Waals surface area contributed by atoms with Crippen LogP contribution in [-0.2, 0) is 19.3 Å². The second kappa shape index (κ2) is 7.99. The SMILES string of the molecule is CCCc1ccc(CC(O)c2ccc(CCC)cc2)cc1. The fraction of sp³-hybridized carbons (Fsp3) is 0.400. The lowest BCUT2D eigenvalue weighted by molar-refractivity contribution is 0.178. The lowest BCUT2D eigenvalue weighted by atomic mass is 9.98. The molecule has 0 aliphatic rings. The number of rotatable bonds is 7. The molecule has 1 unspecified atom stereocenters. The highest BCUT2D eigenvalue weighted by molar-refractivity contribution is 5.28. The van der Waals surface area contributed by atoms with Gasteiger partial charge < -0.3 is 5.11 Å². The molecule has 0 aromatic heterocycles. The first-order chi connectivity index (χ1) is 10.2. The Bertz CT molecular complexity index is 525. The standard InChI is InChI=1S/C20H26O/c1-3-5-16-7-9-18(10-8-16)15-20(21)19-13-11-17(6-4-2)12-14-19/h7-14,20-21H,3-6,15H2,1-2H3. The Kier molecular flexibility index (Phi) is 6.01. The van der Waals surface area contributed by atoms with E-state index in [-0.39, 0.29) is 0 Å². The predicted octanol–water partition coefficient (Wildman–Crippen LogP) is 4.87. The van der Waals surface area contributed by atoms with Gasteiger partial charge >= 0.3 is 0 Å². The summed E-state index contributed by atoms with van der Waals surface area (Å²) in [6.45, 7) is 4.38. The fourth-order valence-corrected chi connectivity index (χ4v) is 2.67. The molecule has 0 aliphatic heterocycles. The van der Waals surface area contributed by atoms with Crippen LogP contribution in [0.2, 0.25) is 0 Å². The lowest BCUT2D eigenvalue weighted by Gasteiger charge is -2.12. The smallest absolute Gasteiger partial charge is 0.0830 e. The minimum absolute atomic E-state index is 0.419. The highest BCUT2D eigenvalue weighted by Gasteiger charge is 2.08. The van der Waals surface area contributed by atoms with E-state index in [2.05, 4.69) is 62.4 Å². The maximum Gasteiger partial charge on any atom is 0.0830 e. The van der Waals surface area contributed by atoms with Crippen molar-refractivity contribution in [1.29, 1.82) is 0 Å². The van der Waals surface area contributed by atoms with Crippen molar-refractivity contribution in [3.05, 3.63) is 70.8 Å². The van der Waals surface area contributed by atoms with E-state index in [0.29, 0.717) is 6.42 Å². The van der Waals surface area contributed by atoms with Crippen molar-refractivity contribution < 1.29 is 5.11 Å². The van der Waals surface area contributed by atoms with Gasteiger partial charge in [0.2, 0.25) is 0 Å². The molecule has 2 aromatic rings. The second-order valence-corrected chi connectivity index (χ2v) is 5.78. The molecule has 1 atom stereocenters. The molecule has 2 aromatic carbocycles. The van der Waals surface area contributed by atoms with Crippen molar-refractivity contribution in [2.24, 2.45) is 0 Å². The number of benzene rings is 2. The Morgan fingerprint density at radius 3 is 1.62 bits per heavy atom. The number of aliphatic hydroxyl groups is 1. The lowest BCUT2D eigenvalue weighted by Crippen LogP contribution is -2.02. The summed E-state index contributed by atoms with van der Waals surface area (Å²) in [6.07, 6.45) is 4.83. The molecule has 0 fully saturated rings. The maximum absolute atomic E-state index is 10.4. The van der Waals surface area contributed by atoms with E-state index < -0.39 is 6.10 Å². The molecule has 0 bridgehead atoms. The summed E-state index contributed by atoms with van der Waals surface area (Å²) in [5.41, 5.74) is 4.92. The quantitative estimate of drug-likeness (QED) is 0.768. The molecule has 0 spiro atoms. The van der Waals surface area contributed by atoms with Crippen LogP contribution in [0, 0.1) is 0 Å². The van der Waals surface area contributed by atoms with Crippen molar-refractivity contribution in [2.45, 2.75) is 52.1 Å². The van der Waals surface area contributed by atoms with Crippen LogP contribution in [-0.4, -0.2) is 5.11 Å². The van der Waals surface area contributed by atoms with Gasteiger partial charge in [-0.15, -0.1) is 0 Å². The minimum Gasteiger partial charge on any atom is -0.388 e. The Labute approximate surface area is 128 Å². The van der Waals surface area contributed by atoms with Crippen LogP contribution in [0.25, 0.3) is 0 Å². The molecular weight excluding hydrogens is 256 g/mol. The molecule has 112 valence electrons. The first kappa shape index (κ1) is 15.8. The Morgan fingerprint density at radius 1 is 0.714 bits per heavy atom. The summed E-state index contributed by atoms with van der Waals surface area (Å²) < 4.78 is 0. The fourth-order valence-electron chi connectivity index (χ4n) is 2.67. The average molecular weight is 282 g/mol. The third kappa shape index (κ3) is 4.71. The van der Waals surface area contributed by atoms with E-state index in [1.54, 1.807) is 0 Å². The van der Waals surface area contributed by atoms with Crippen LogP contribution in [0.3, 0.4) is 0 Å². The van der Waals surface area contributed by atoms with Crippen LogP contribution in [0.1, 0.15) is 55.0 Å². The average Bonchev–Trinajstić information content (AvgIpc) is 2.50. The summed E-state index contributed by atoms with van der Waals surface area (Å²) in [4.78, 5) is 0. The molecule has 2 rings (SSSR count). The van der Waals surface area contributed by atoms with E-state index in [4.69, 9.17) is 0 Å². The van der Waals surface area contributed by atoms with Crippen molar-refractivity contribution >= 4 is 0 Å². The van der Waals surface area contributed by atoms with Crippen LogP contribution in [0.5, 0.6) is 0 Å². The Hall–Kier alpha value is -1.60. The van der Waals surface area contributed by atoms with Crippen molar-refractivity contribution in [2.75, 3.05) is 0 Å². The van der Waals surface area contributed by atoms with Crippen molar-refractivity contribution in [3.8, 4) is 0 Å². The number of aliphatic hydroxyl groups excluding tert-OH is 1. The number of hydrogen-bond donors (Lipinski definition) is 1. The van der Waals surface area contributed by atoms with Crippen LogP contribution in [0.4, 0.5) is 0 Å². The Balaban J connectivity index is 1.98. The molecule has 1 heteroatoms. The number of hydrogen-bond acceptors (Lipinski definition) is 1. The molecule has 0 saturated carbocycles. The zero-order valence-electron chi connectivity index (χ0n) is 13.2. The van der Waals surface area contributed by atoms with Gasteiger partial charge in [0.05, 0.1) is 6.10 Å². The maximum atomic E-state index is 10.4. The summed E-state index contributed by atoms with van der Waals surface area (Å²) in [5, 5.41) is 10.4. The van der Waals surface area contributed by atoms with E-state index in [1.807, 2.05) is 0 Å². The van der Waals surface area contributed by atoms with Gasteiger partial charge in [0, 0.05) is 6.42 Å². The molecular formula is C20H26O. The van der Waals surface area contributed by atoms with Gasteiger partial charge in [-0.3, -0.25) is 0 Å². The molecule has 0 saturated heterocycles. The predicted molar refractivity (Wildman–Crippen MR) is 89.5 cm³/mol. The Morgan fingerprint density at radius 2 is 1.14 bits per heavy atom. The minimum atomic E-state index is -0.419. The highest BCUT2D eigenvalue weighted by atomic mass is 16.3. The third-order valence-electron chi connectivity index (χ3n) is 3.89. The van der Waals surface area contributed by atoms with Crippen LogP contribution in [0.15, 0.2) is 48.5 Å². The molecule has 21 heavy (non-hydrogen) atoms. The first-order valence-corrected chi connectivity index (χ1v) is 8.07. The van der Waals surface area contributed by atoms with Gasteiger partial charge in [-0.05, 0) is 35.1 Å². The topological polar surface area (TPSA) is 20.2 Å². The second-order valence-electron chi connectivity index (χ2n) is 5.78. The van der Waals surface area contributed by atoms with Gasteiger partial charge in [0.25, 0.3) is 0 Å². The number of aryl methyl sites for hydroxylation is 2. The van der Waals surface area contributed by atoms with Gasteiger partial charge in [0.1, 0.15) is 0 Å².